The molecule has 0 aromatic heterocycles. The predicted molar refractivity (Wildman–Crippen MR) is 114 cm³/mol. The number of para-hydroxylation sites is 2. The summed E-state index contributed by atoms with van der Waals surface area (Å²) in [6.45, 7) is 4.04. The Morgan fingerprint density at radius 2 is 1.60 bits per heavy atom. The van der Waals surface area contributed by atoms with Crippen molar-refractivity contribution in [2.45, 2.75) is 32.5 Å². The number of ether oxygens (including phenoxy) is 1. The number of nitrogens with one attached hydrogen (secondary N) is 1. The maximum atomic E-state index is 12.7. The normalized spacial score (nSPS) is 17.5. The molecule has 0 aliphatic carbocycles. The van der Waals surface area contributed by atoms with Crippen LogP contribution in [0.3, 0.4) is 0 Å². The lowest BCUT2D eigenvalue weighted by Crippen LogP contribution is -2.53. The number of nitrogens with zero attached hydrogens (tertiary/aromatic N) is 2. The molecule has 1 aliphatic rings. The van der Waals surface area contributed by atoms with Gasteiger partial charge in [0.25, 0.3) is 0 Å². The molecule has 30 heavy (non-hydrogen) atoms. The van der Waals surface area contributed by atoms with Crippen LogP contribution < -0.4 is 10.1 Å². The van der Waals surface area contributed by atoms with E-state index in [2.05, 4.69) is 26.8 Å². The summed E-state index contributed by atoms with van der Waals surface area (Å²) in [7, 11) is 0. The van der Waals surface area contributed by atoms with Crippen LogP contribution in [-0.2, 0) is 4.79 Å². The molecule has 1 amide bonds. The number of hydrogen-bond donors (Lipinski definition) is 1. The molecule has 162 valence electrons. The van der Waals surface area contributed by atoms with Gasteiger partial charge >= 0.3 is 6.61 Å². The van der Waals surface area contributed by atoms with Crippen molar-refractivity contribution in [3.8, 4) is 5.75 Å². The molecule has 8 heteroatoms. The van der Waals surface area contributed by atoms with E-state index in [0.29, 0.717) is 0 Å². The van der Waals surface area contributed by atoms with Gasteiger partial charge in [-0.05, 0) is 37.6 Å². The van der Waals surface area contributed by atoms with Crippen LogP contribution in [0, 0.1) is 0 Å². The number of rotatable bonds is 7. The van der Waals surface area contributed by atoms with E-state index in [9.17, 15) is 13.6 Å². The lowest BCUT2D eigenvalue weighted by Gasteiger charge is -2.40. The van der Waals surface area contributed by atoms with Crippen LogP contribution in [0.15, 0.2) is 48.5 Å². The Labute approximate surface area is 180 Å². The van der Waals surface area contributed by atoms with E-state index < -0.39 is 12.7 Å². The zero-order chi connectivity index (χ0) is 21.7. The van der Waals surface area contributed by atoms with Crippen LogP contribution in [0.4, 0.5) is 14.5 Å². The fraction of sp³-hybridized carbons (Fsp3) is 0.409. The molecule has 3 rings (SSSR count). The van der Waals surface area contributed by atoms with E-state index in [1.165, 1.54) is 6.07 Å². The molecule has 1 heterocycles. The highest BCUT2D eigenvalue weighted by Gasteiger charge is 2.28. The molecule has 0 spiro atoms. The minimum absolute atomic E-state index is 0.0496. The Morgan fingerprint density at radius 1 is 1.00 bits per heavy atom. The average Bonchev–Trinajstić information content (AvgIpc) is 2.74. The molecule has 0 bridgehead atoms. The highest BCUT2D eigenvalue weighted by atomic mass is 35.5. The highest BCUT2D eigenvalue weighted by Crippen LogP contribution is 2.29. The van der Waals surface area contributed by atoms with Crippen molar-refractivity contribution in [1.82, 2.24) is 9.80 Å². The second-order valence-electron chi connectivity index (χ2n) is 7.31. The number of halogens is 3. The quantitative estimate of drug-likeness (QED) is 0.685. The summed E-state index contributed by atoms with van der Waals surface area (Å²) in [6, 6.07) is 13.8. The molecule has 2 unspecified atom stereocenters. The van der Waals surface area contributed by atoms with Crippen molar-refractivity contribution in [2.24, 2.45) is 0 Å². The molecule has 0 saturated carbocycles. The smallest absolute Gasteiger partial charge is 0.387 e. The molecule has 2 aromatic rings. The first kappa shape index (κ1) is 22.5. The SMILES string of the molecule is CC(C(=O)Nc1ccccc1OC(F)F)N1CCN(C(C)c2ccccc2Cl)CC1. The molecule has 1 N–H and O–H groups in total. The summed E-state index contributed by atoms with van der Waals surface area (Å²) >= 11 is 6.33. The van der Waals surface area contributed by atoms with E-state index in [0.717, 1.165) is 36.8 Å². The number of hydrogen-bond acceptors (Lipinski definition) is 4. The lowest BCUT2D eigenvalue weighted by molar-refractivity contribution is -0.121. The van der Waals surface area contributed by atoms with Gasteiger partial charge in [-0.1, -0.05) is 41.9 Å². The van der Waals surface area contributed by atoms with Gasteiger partial charge in [-0.25, -0.2) is 0 Å². The van der Waals surface area contributed by atoms with Gasteiger partial charge in [-0.15, -0.1) is 0 Å². The summed E-state index contributed by atoms with van der Waals surface area (Å²) in [4.78, 5) is 17.1. The van der Waals surface area contributed by atoms with Crippen molar-refractivity contribution in [1.29, 1.82) is 0 Å². The number of amides is 1. The van der Waals surface area contributed by atoms with Crippen molar-refractivity contribution in [3.63, 3.8) is 0 Å². The highest BCUT2D eigenvalue weighted by molar-refractivity contribution is 6.31. The van der Waals surface area contributed by atoms with Gasteiger partial charge in [0.05, 0.1) is 11.7 Å². The first-order chi connectivity index (χ1) is 14.4. The fourth-order valence-electron chi connectivity index (χ4n) is 3.69. The third-order valence-electron chi connectivity index (χ3n) is 5.54. The summed E-state index contributed by atoms with van der Waals surface area (Å²) < 4.78 is 29.6. The second-order valence-corrected chi connectivity index (χ2v) is 7.72. The molecule has 1 fully saturated rings. The Hall–Kier alpha value is -2.22. The van der Waals surface area contributed by atoms with E-state index in [1.807, 2.05) is 31.2 Å². The van der Waals surface area contributed by atoms with Gasteiger partial charge in [0.1, 0.15) is 5.75 Å². The average molecular weight is 438 g/mol. The number of piperazine rings is 1. The van der Waals surface area contributed by atoms with Crippen LogP contribution >= 0.6 is 11.6 Å². The zero-order valence-electron chi connectivity index (χ0n) is 17.0. The van der Waals surface area contributed by atoms with Crippen LogP contribution in [0.25, 0.3) is 0 Å². The maximum absolute atomic E-state index is 12.7. The number of anilines is 1. The number of benzene rings is 2. The molecule has 2 atom stereocenters. The van der Waals surface area contributed by atoms with Crippen LogP contribution in [0.1, 0.15) is 25.5 Å². The molecule has 2 aromatic carbocycles. The number of carbonyl (C=O) groups is 1. The third kappa shape index (κ3) is 5.47. The van der Waals surface area contributed by atoms with Gasteiger partial charge in [0.2, 0.25) is 5.91 Å². The lowest BCUT2D eigenvalue weighted by atomic mass is 10.1. The monoisotopic (exact) mass is 437 g/mol. The molecule has 5 nitrogen and oxygen atoms in total. The van der Waals surface area contributed by atoms with E-state index >= 15 is 0 Å². The summed E-state index contributed by atoms with van der Waals surface area (Å²) in [5.41, 5.74) is 1.33. The van der Waals surface area contributed by atoms with Crippen LogP contribution in [-0.4, -0.2) is 54.5 Å². The van der Waals surface area contributed by atoms with Gasteiger partial charge in [-0.2, -0.15) is 8.78 Å². The Morgan fingerprint density at radius 3 is 2.27 bits per heavy atom. The molecule has 1 saturated heterocycles. The molecule has 0 radical (unpaired) electrons. The first-order valence-electron chi connectivity index (χ1n) is 9.94. The molecular weight excluding hydrogens is 412 g/mol. The first-order valence-corrected chi connectivity index (χ1v) is 10.3. The fourth-order valence-corrected chi connectivity index (χ4v) is 3.99. The summed E-state index contributed by atoms with van der Waals surface area (Å²) in [5, 5.41) is 3.46. The van der Waals surface area contributed by atoms with Gasteiger partial charge < -0.3 is 10.1 Å². The van der Waals surface area contributed by atoms with Gasteiger partial charge in [-0.3, -0.25) is 14.6 Å². The second kappa shape index (κ2) is 10.2. The van der Waals surface area contributed by atoms with Gasteiger partial charge in [0, 0.05) is 37.2 Å². The predicted octanol–water partition coefficient (Wildman–Crippen LogP) is 4.65. The standard InChI is InChI=1S/C22H26ClF2N3O2/c1-15(17-7-3-4-8-18(17)23)27-11-13-28(14-12-27)16(2)21(29)26-19-9-5-6-10-20(19)30-22(24)25/h3-10,15-16,22H,11-14H2,1-2H3,(H,26,29). The zero-order valence-corrected chi connectivity index (χ0v) is 17.8. The number of alkyl halides is 2. The van der Waals surface area contributed by atoms with E-state index in [4.69, 9.17) is 11.6 Å². The summed E-state index contributed by atoms with van der Waals surface area (Å²) in [5.74, 6) is -0.306. The van der Waals surface area contributed by atoms with E-state index in [1.54, 1.807) is 18.2 Å². The van der Waals surface area contributed by atoms with Crippen molar-refractivity contribution >= 4 is 23.2 Å². The third-order valence-corrected chi connectivity index (χ3v) is 5.88. The number of carbonyl (C=O) groups excluding carboxylic acids is 1. The largest absolute Gasteiger partial charge is 0.433 e. The molecule has 1 aliphatic heterocycles. The topological polar surface area (TPSA) is 44.8 Å². The van der Waals surface area contributed by atoms with Crippen LogP contribution in [0.5, 0.6) is 5.75 Å². The van der Waals surface area contributed by atoms with Crippen LogP contribution in [0.2, 0.25) is 5.02 Å². The van der Waals surface area contributed by atoms with Crippen molar-refractivity contribution in [3.05, 3.63) is 59.1 Å². The minimum atomic E-state index is -2.95. The van der Waals surface area contributed by atoms with Gasteiger partial charge in [0.15, 0.2) is 0 Å². The Bertz CT molecular complexity index is 860. The van der Waals surface area contributed by atoms with Crippen molar-refractivity contribution in [2.75, 3.05) is 31.5 Å². The Kier molecular flexibility index (Phi) is 7.64. The molecular formula is C22H26ClF2N3O2. The summed E-state index contributed by atoms with van der Waals surface area (Å²) in [6.07, 6.45) is 0. The Balaban J connectivity index is 1.57. The van der Waals surface area contributed by atoms with Crippen molar-refractivity contribution < 1.29 is 18.3 Å². The maximum Gasteiger partial charge on any atom is 0.387 e. The van der Waals surface area contributed by atoms with E-state index in [-0.39, 0.29) is 23.4 Å². The minimum Gasteiger partial charge on any atom is -0.433 e.